The molecule has 1 heterocycles. The van der Waals surface area contributed by atoms with E-state index in [0.717, 1.165) is 30.2 Å². The lowest BCUT2D eigenvalue weighted by Crippen LogP contribution is -2.31. The number of methoxy groups -OCH3 is 1. The van der Waals surface area contributed by atoms with E-state index in [4.69, 9.17) is 16.3 Å². The van der Waals surface area contributed by atoms with Gasteiger partial charge in [0.15, 0.2) is 0 Å². The van der Waals surface area contributed by atoms with Gasteiger partial charge in [0.2, 0.25) is 5.91 Å². The molecule has 1 aliphatic heterocycles. The maximum Gasteiger partial charge on any atom is 0.242 e. The molecule has 1 fully saturated rings. The van der Waals surface area contributed by atoms with E-state index < -0.39 is 5.38 Å². The van der Waals surface area contributed by atoms with Gasteiger partial charge in [0.05, 0.1) is 18.5 Å². The van der Waals surface area contributed by atoms with E-state index in [-0.39, 0.29) is 5.91 Å². The van der Waals surface area contributed by atoms with Crippen molar-refractivity contribution in [2.24, 2.45) is 0 Å². The van der Waals surface area contributed by atoms with Gasteiger partial charge in [0.25, 0.3) is 0 Å². The maximum atomic E-state index is 11.8. The van der Waals surface area contributed by atoms with Crippen molar-refractivity contribution in [3.05, 3.63) is 18.2 Å². The van der Waals surface area contributed by atoms with Crippen LogP contribution in [0.3, 0.4) is 0 Å². The van der Waals surface area contributed by atoms with Gasteiger partial charge in [-0.25, -0.2) is 0 Å². The summed E-state index contributed by atoms with van der Waals surface area (Å²) >= 11 is 5.83. The first-order valence-corrected chi connectivity index (χ1v) is 7.43. The van der Waals surface area contributed by atoms with Crippen LogP contribution in [0, 0.1) is 0 Å². The summed E-state index contributed by atoms with van der Waals surface area (Å²) in [6, 6.07) is 5.77. The third-order valence-electron chi connectivity index (χ3n) is 3.52. The summed E-state index contributed by atoms with van der Waals surface area (Å²) in [5, 5.41) is 2.33. The van der Waals surface area contributed by atoms with E-state index >= 15 is 0 Å². The zero-order chi connectivity index (χ0) is 14.5. The number of hydrogen-bond acceptors (Lipinski definition) is 3. The molecular weight excluding hydrogens is 276 g/mol. The van der Waals surface area contributed by atoms with Crippen molar-refractivity contribution < 1.29 is 9.53 Å². The number of nitrogens with zero attached hydrogens (tertiary/aromatic N) is 1. The molecule has 1 aliphatic rings. The Balaban J connectivity index is 2.26. The number of ether oxygens (including phenoxy) is 1. The SMILES string of the molecule is COc1ccc(N2CCCCC2)c(NC(=O)C(C)Cl)c1. The van der Waals surface area contributed by atoms with Crippen LogP contribution in [-0.2, 0) is 4.79 Å². The number of rotatable bonds is 4. The first-order chi connectivity index (χ1) is 9.61. The predicted octanol–water partition coefficient (Wildman–Crippen LogP) is 3.25. The van der Waals surface area contributed by atoms with Gasteiger partial charge in [-0.3, -0.25) is 4.79 Å². The molecule has 1 aromatic rings. The minimum absolute atomic E-state index is 0.196. The van der Waals surface area contributed by atoms with Crippen molar-refractivity contribution in [1.29, 1.82) is 0 Å². The van der Waals surface area contributed by atoms with Crippen LogP contribution in [0.2, 0.25) is 0 Å². The number of alkyl halides is 1. The van der Waals surface area contributed by atoms with Crippen molar-refractivity contribution in [1.82, 2.24) is 0 Å². The molecule has 2 rings (SSSR count). The third-order valence-corrected chi connectivity index (χ3v) is 3.72. The van der Waals surface area contributed by atoms with Crippen LogP contribution in [0.1, 0.15) is 26.2 Å². The van der Waals surface area contributed by atoms with Gasteiger partial charge in [-0.15, -0.1) is 11.6 Å². The summed E-state index contributed by atoms with van der Waals surface area (Å²) in [5.74, 6) is 0.529. The standard InChI is InChI=1S/C15H21ClN2O2/c1-11(16)15(19)17-13-10-12(20-2)6-7-14(13)18-8-4-3-5-9-18/h6-7,10-11H,3-5,8-9H2,1-2H3,(H,17,19). The fraction of sp³-hybridized carbons (Fsp3) is 0.533. The van der Waals surface area contributed by atoms with Crippen LogP contribution in [0.25, 0.3) is 0 Å². The number of carbonyl (C=O) groups is 1. The molecule has 0 saturated carbocycles. The molecule has 1 amide bonds. The van der Waals surface area contributed by atoms with Crippen molar-refractivity contribution in [2.75, 3.05) is 30.4 Å². The Hall–Kier alpha value is -1.42. The van der Waals surface area contributed by atoms with Crippen LogP contribution in [0.4, 0.5) is 11.4 Å². The molecule has 1 unspecified atom stereocenters. The average Bonchev–Trinajstić information content (AvgIpc) is 2.48. The lowest BCUT2D eigenvalue weighted by molar-refractivity contribution is -0.115. The summed E-state index contributed by atoms with van der Waals surface area (Å²) in [5.41, 5.74) is 1.81. The fourth-order valence-corrected chi connectivity index (χ4v) is 2.44. The van der Waals surface area contributed by atoms with Gasteiger partial charge >= 0.3 is 0 Å². The molecule has 1 aromatic carbocycles. The Morgan fingerprint density at radius 2 is 2.05 bits per heavy atom. The lowest BCUT2D eigenvalue weighted by Gasteiger charge is -2.30. The second kappa shape index (κ2) is 6.84. The molecular formula is C15H21ClN2O2. The van der Waals surface area contributed by atoms with Gasteiger partial charge in [-0.05, 0) is 38.3 Å². The smallest absolute Gasteiger partial charge is 0.242 e. The third kappa shape index (κ3) is 3.57. The van der Waals surface area contributed by atoms with Crippen molar-refractivity contribution in [3.8, 4) is 5.75 Å². The van der Waals surface area contributed by atoms with E-state index in [2.05, 4.69) is 10.2 Å². The summed E-state index contributed by atoms with van der Waals surface area (Å²) in [7, 11) is 1.62. The van der Waals surface area contributed by atoms with Crippen LogP contribution >= 0.6 is 11.6 Å². The highest BCUT2D eigenvalue weighted by Crippen LogP contribution is 2.32. The number of halogens is 1. The minimum atomic E-state index is -0.560. The molecule has 4 nitrogen and oxygen atoms in total. The second-order valence-electron chi connectivity index (χ2n) is 5.04. The van der Waals surface area contributed by atoms with Gasteiger partial charge in [0.1, 0.15) is 11.1 Å². The minimum Gasteiger partial charge on any atom is -0.497 e. The van der Waals surface area contributed by atoms with Crippen LogP contribution in [-0.4, -0.2) is 31.5 Å². The average molecular weight is 297 g/mol. The van der Waals surface area contributed by atoms with E-state index in [9.17, 15) is 4.79 Å². The molecule has 110 valence electrons. The Kier molecular flexibility index (Phi) is 5.12. The zero-order valence-corrected chi connectivity index (χ0v) is 12.7. The van der Waals surface area contributed by atoms with Crippen LogP contribution in [0.5, 0.6) is 5.75 Å². The van der Waals surface area contributed by atoms with Gasteiger partial charge in [0, 0.05) is 19.2 Å². The maximum absolute atomic E-state index is 11.8. The summed E-state index contributed by atoms with van der Waals surface area (Å²) in [4.78, 5) is 14.1. The number of benzene rings is 1. The second-order valence-corrected chi connectivity index (χ2v) is 5.69. The molecule has 1 saturated heterocycles. The zero-order valence-electron chi connectivity index (χ0n) is 12.0. The van der Waals surface area contributed by atoms with Crippen molar-refractivity contribution in [2.45, 2.75) is 31.6 Å². The molecule has 0 aliphatic carbocycles. The summed E-state index contributed by atoms with van der Waals surface area (Å²) in [6.07, 6.45) is 3.64. The molecule has 0 spiro atoms. The topological polar surface area (TPSA) is 41.6 Å². The van der Waals surface area contributed by atoms with E-state index in [0.29, 0.717) is 0 Å². The first kappa shape index (κ1) is 15.0. The van der Waals surface area contributed by atoms with Gasteiger partial charge in [-0.1, -0.05) is 0 Å². The molecule has 0 bridgehead atoms. The van der Waals surface area contributed by atoms with Crippen LogP contribution < -0.4 is 15.0 Å². The number of amides is 1. The lowest BCUT2D eigenvalue weighted by atomic mass is 10.1. The van der Waals surface area contributed by atoms with E-state index in [1.807, 2.05) is 18.2 Å². The summed E-state index contributed by atoms with van der Waals surface area (Å²) in [6.45, 7) is 3.70. The number of piperidine rings is 1. The fourth-order valence-electron chi connectivity index (χ4n) is 2.38. The van der Waals surface area contributed by atoms with Gasteiger partial charge in [-0.2, -0.15) is 0 Å². The number of hydrogen-bond donors (Lipinski definition) is 1. The largest absolute Gasteiger partial charge is 0.497 e. The Morgan fingerprint density at radius 3 is 2.65 bits per heavy atom. The normalized spacial score (nSPS) is 16.6. The Morgan fingerprint density at radius 1 is 1.35 bits per heavy atom. The molecule has 1 N–H and O–H groups in total. The molecule has 1 atom stereocenters. The van der Waals surface area contributed by atoms with Gasteiger partial charge < -0.3 is 15.0 Å². The van der Waals surface area contributed by atoms with Crippen molar-refractivity contribution in [3.63, 3.8) is 0 Å². The van der Waals surface area contributed by atoms with E-state index in [1.165, 1.54) is 19.3 Å². The predicted molar refractivity (Wildman–Crippen MR) is 83.0 cm³/mol. The highest BCUT2D eigenvalue weighted by Gasteiger charge is 2.18. The number of anilines is 2. The Labute approximate surface area is 125 Å². The number of nitrogens with one attached hydrogen (secondary N) is 1. The molecule has 0 radical (unpaired) electrons. The molecule has 20 heavy (non-hydrogen) atoms. The quantitative estimate of drug-likeness (QED) is 0.867. The van der Waals surface area contributed by atoms with Crippen molar-refractivity contribution >= 4 is 28.9 Å². The monoisotopic (exact) mass is 296 g/mol. The highest BCUT2D eigenvalue weighted by molar-refractivity contribution is 6.32. The first-order valence-electron chi connectivity index (χ1n) is 6.99. The molecule has 0 aromatic heterocycles. The summed E-state index contributed by atoms with van der Waals surface area (Å²) < 4.78 is 5.24. The highest BCUT2D eigenvalue weighted by atomic mass is 35.5. The molecule has 5 heteroatoms. The van der Waals surface area contributed by atoms with E-state index in [1.54, 1.807) is 14.0 Å². The van der Waals surface area contributed by atoms with Crippen LogP contribution in [0.15, 0.2) is 18.2 Å². The number of carbonyl (C=O) groups excluding carboxylic acids is 1. The Bertz CT molecular complexity index is 471.